The van der Waals surface area contributed by atoms with Gasteiger partial charge in [-0.25, -0.2) is 0 Å². The molecule has 0 N–H and O–H groups in total. The van der Waals surface area contributed by atoms with Gasteiger partial charge in [0.2, 0.25) is 0 Å². The second-order valence-electron chi connectivity index (χ2n) is 7.36. The van der Waals surface area contributed by atoms with E-state index in [2.05, 4.69) is 88.4 Å². The third-order valence-corrected chi connectivity index (χ3v) is 9.79. The second kappa shape index (κ2) is 6.23. The summed E-state index contributed by atoms with van der Waals surface area (Å²) in [5.74, 6) is 0. The van der Waals surface area contributed by atoms with E-state index in [9.17, 15) is 0 Å². The molecular weight excluding hydrogens is 300 g/mol. The molecule has 2 nitrogen and oxygen atoms in total. The van der Waals surface area contributed by atoms with E-state index in [-0.39, 0.29) is 17.2 Å². The van der Waals surface area contributed by atoms with Crippen molar-refractivity contribution in [3.63, 3.8) is 0 Å². The third-order valence-electron chi connectivity index (χ3n) is 4.66. The van der Waals surface area contributed by atoms with E-state index >= 15 is 0 Å². The first-order valence-corrected chi connectivity index (χ1v) is 10.3. The average molecular weight is 327 g/mol. The molecule has 2 aromatic rings. The molecule has 0 saturated carbocycles. The van der Waals surface area contributed by atoms with Crippen LogP contribution in [0.4, 0.5) is 0 Å². The largest absolute Gasteiger partial charge is 0.402 e. The maximum atomic E-state index is 6.91. The lowest BCUT2D eigenvalue weighted by Gasteiger charge is -2.44. The maximum Gasteiger partial charge on any atom is 0.261 e. The van der Waals surface area contributed by atoms with Crippen molar-refractivity contribution in [1.29, 1.82) is 0 Å². The molecule has 122 valence electrons. The maximum absolute atomic E-state index is 6.91. The first-order chi connectivity index (χ1) is 10.9. The van der Waals surface area contributed by atoms with Gasteiger partial charge < -0.3 is 9.16 Å². The van der Waals surface area contributed by atoms with Crippen molar-refractivity contribution in [2.75, 3.05) is 6.61 Å². The Morgan fingerprint density at radius 2 is 1.39 bits per heavy atom. The molecule has 1 heterocycles. The zero-order valence-corrected chi connectivity index (χ0v) is 15.5. The van der Waals surface area contributed by atoms with Crippen LogP contribution in [0.15, 0.2) is 60.7 Å². The van der Waals surface area contributed by atoms with Gasteiger partial charge in [0.15, 0.2) is 0 Å². The van der Waals surface area contributed by atoms with Crippen molar-refractivity contribution in [3.05, 3.63) is 60.7 Å². The van der Waals surface area contributed by atoms with Gasteiger partial charge in [-0.05, 0) is 22.3 Å². The lowest BCUT2D eigenvalue weighted by Crippen LogP contribution is -2.67. The van der Waals surface area contributed by atoms with E-state index in [4.69, 9.17) is 9.16 Å². The van der Waals surface area contributed by atoms with Gasteiger partial charge in [-0.3, -0.25) is 0 Å². The Morgan fingerprint density at radius 3 is 1.74 bits per heavy atom. The van der Waals surface area contributed by atoms with E-state index in [1.54, 1.807) is 0 Å². The van der Waals surface area contributed by atoms with Gasteiger partial charge in [-0.1, -0.05) is 81.4 Å². The Hall–Kier alpha value is -1.42. The van der Waals surface area contributed by atoms with E-state index in [1.807, 2.05) is 0 Å². The van der Waals surface area contributed by atoms with Gasteiger partial charge >= 0.3 is 0 Å². The Morgan fingerprint density at radius 1 is 0.957 bits per heavy atom. The molecule has 0 aliphatic carbocycles. The van der Waals surface area contributed by atoms with Gasteiger partial charge in [-0.2, -0.15) is 0 Å². The summed E-state index contributed by atoms with van der Waals surface area (Å²) in [6, 6.07) is 21.5. The summed E-state index contributed by atoms with van der Waals surface area (Å²) < 4.78 is 12.4. The predicted octanol–water partition coefficient (Wildman–Crippen LogP) is 3.35. The molecule has 2 atom stereocenters. The SMILES string of the molecule is C[C@@H](O[Si](c1ccccc1)(c1ccccc1)C(C)(C)C)[C@@H]1CO1. The van der Waals surface area contributed by atoms with Crippen LogP contribution in [0, 0.1) is 0 Å². The Kier molecular flexibility index (Phi) is 4.45. The molecule has 0 bridgehead atoms. The van der Waals surface area contributed by atoms with E-state index in [0.717, 1.165) is 6.61 Å². The number of ether oxygens (including phenoxy) is 1. The Balaban J connectivity index is 2.16. The third kappa shape index (κ3) is 3.14. The van der Waals surface area contributed by atoms with Crippen LogP contribution < -0.4 is 10.4 Å². The highest BCUT2D eigenvalue weighted by atomic mass is 28.4. The van der Waals surface area contributed by atoms with Crippen LogP contribution in [0.1, 0.15) is 27.7 Å². The number of hydrogen-bond donors (Lipinski definition) is 0. The zero-order valence-electron chi connectivity index (χ0n) is 14.5. The van der Waals surface area contributed by atoms with Crippen LogP contribution in [-0.4, -0.2) is 27.1 Å². The summed E-state index contributed by atoms with van der Waals surface area (Å²) in [5, 5.41) is 2.68. The minimum Gasteiger partial charge on any atom is -0.402 e. The van der Waals surface area contributed by atoms with E-state index < -0.39 is 8.32 Å². The summed E-state index contributed by atoms with van der Waals surface area (Å²) in [6.45, 7) is 9.88. The summed E-state index contributed by atoms with van der Waals surface area (Å²) in [5.41, 5.74) is 0. The molecule has 1 fully saturated rings. The topological polar surface area (TPSA) is 21.8 Å². The molecule has 3 heteroatoms. The molecule has 23 heavy (non-hydrogen) atoms. The molecule has 1 aliphatic heterocycles. The van der Waals surface area contributed by atoms with Gasteiger partial charge in [0.1, 0.15) is 6.10 Å². The van der Waals surface area contributed by atoms with Crippen molar-refractivity contribution in [1.82, 2.24) is 0 Å². The number of epoxide rings is 1. The predicted molar refractivity (Wildman–Crippen MR) is 97.9 cm³/mol. The van der Waals surface area contributed by atoms with E-state index in [0.29, 0.717) is 0 Å². The van der Waals surface area contributed by atoms with Gasteiger partial charge in [0.05, 0.1) is 12.7 Å². The van der Waals surface area contributed by atoms with Gasteiger partial charge in [0.25, 0.3) is 8.32 Å². The number of hydrogen-bond acceptors (Lipinski definition) is 2. The first kappa shape index (κ1) is 16.4. The fraction of sp³-hybridized carbons (Fsp3) is 0.400. The molecule has 0 unspecified atom stereocenters. The number of rotatable bonds is 5. The second-order valence-corrected chi connectivity index (χ2v) is 11.6. The molecule has 0 radical (unpaired) electrons. The molecule has 1 aliphatic rings. The quantitative estimate of drug-likeness (QED) is 0.621. The minimum absolute atomic E-state index is 0.0266. The molecule has 1 saturated heterocycles. The van der Waals surface area contributed by atoms with Crippen LogP contribution in [-0.2, 0) is 9.16 Å². The number of benzene rings is 2. The van der Waals surface area contributed by atoms with Crippen molar-refractivity contribution >= 4 is 18.7 Å². The van der Waals surface area contributed by atoms with Crippen LogP contribution in [0.25, 0.3) is 0 Å². The Bertz CT molecular complexity index is 590. The van der Waals surface area contributed by atoms with E-state index in [1.165, 1.54) is 10.4 Å². The van der Waals surface area contributed by atoms with Crippen LogP contribution >= 0.6 is 0 Å². The van der Waals surface area contributed by atoms with Crippen LogP contribution in [0.5, 0.6) is 0 Å². The smallest absolute Gasteiger partial charge is 0.261 e. The van der Waals surface area contributed by atoms with Crippen molar-refractivity contribution in [2.24, 2.45) is 0 Å². The van der Waals surface area contributed by atoms with Crippen molar-refractivity contribution in [2.45, 2.75) is 44.9 Å². The molecule has 2 aromatic carbocycles. The summed E-state index contributed by atoms with van der Waals surface area (Å²) in [7, 11) is -2.42. The highest BCUT2D eigenvalue weighted by Crippen LogP contribution is 2.38. The molecule has 0 amide bonds. The first-order valence-electron chi connectivity index (χ1n) is 8.35. The van der Waals surface area contributed by atoms with Gasteiger partial charge in [0, 0.05) is 0 Å². The summed E-state index contributed by atoms with van der Waals surface area (Å²) in [4.78, 5) is 0. The highest BCUT2D eigenvalue weighted by molar-refractivity contribution is 6.99. The summed E-state index contributed by atoms with van der Waals surface area (Å²) >= 11 is 0. The summed E-state index contributed by atoms with van der Waals surface area (Å²) in [6.07, 6.45) is 0.359. The molecule has 0 spiro atoms. The lowest BCUT2D eigenvalue weighted by molar-refractivity contribution is 0.164. The fourth-order valence-electron chi connectivity index (χ4n) is 3.37. The van der Waals surface area contributed by atoms with Crippen molar-refractivity contribution < 1.29 is 9.16 Å². The Labute approximate surface area is 140 Å². The zero-order chi connectivity index (χ0) is 16.5. The normalized spacial score (nSPS) is 19.4. The standard InChI is InChI=1S/C20H26O2Si/c1-16(19-15-21-19)22-23(20(2,3)4,17-11-7-5-8-12-17)18-13-9-6-10-14-18/h5-14,16,19H,15H2,1-4H3/t16-,19+/m1/s1. The highest BCUT2D eigenvalue weighted by Gasteiger charge is 2.52. The average Bonchev–Trinajstić information content (AvgIpc) is 3.38. The molecule has 0 aromatic heterocycles. The molecular formula is C20H26O2Si. The van der Waals surface area contributed by atoms with Crippen LogP contribution in [0.3, 0.4) is 0 Å². The lowest BCUT2D eigenvalue weighted by atomic mass is 10.2. The van der Waals surface area contributed by atoms with Crippen molar-refractivity contribution in [3.8, 4) is 0 Å². The fourth-order valence-corrected chi connectivity index (χ4v) is 8.10. The van der Waals surface area contributed by atoms with Crippen LogP contribution in [0.2, 0.25) is 5.04 Å². The molecule has 3 rings (SSSR count). The van der Waals surface area contributed by atoms with Gasteiger partial charge in [-0.15, -0.1) is 0 Å². The monoisotopic (exact) mass is 326 g/mol. The minimum atomic E-state index is -2.42.